The maximum atomic E-state index is 11.2. The molecule has 1 atom stereocenters. The van der Waals surface area contributed by atoms with Crippen molar-refractivity contribution in [1.82, 2.24) is 4.98 Å². The fourth-order valence-electron chi connectivity index (χ4n) is 2.70. The van der Waals surface area contributed by atoms with Crippen LogP contribution in [-0.4, -0.2) is 28.8 Å². The van der Waals surface area contributed by atoms with Crippen molar-refractivity contribution in [2.24, 2.45) is 0 Å². The average molecular weight is 351 g/mol. The highest BCUT2D eigenvalue weighted by Gasteiger charge is 2.17. The van der Waals surface area contributed by atoms with Crippen LogP contribution in [0.1, 0.15) is 18.2 Å². The summed E-state index contributed by atoms with van der Waals surface area (Å²) in [5, 5.41) is 10.2. The second-order valence-corrected chi connectivity index (χ2v) is 5.91. The molecule has 0 aliphatic rings. The molecule has 0 aliphatic heterocycles. The first kappa shape index (κ1) is 17.9. The van der Waals surface area contributed by atoms with Crippen molar-refractivity contribution < 1.29 is 19.4 Å². The Balaban J connectivity index is 1.60. The number of rotatable bonds is 8. The second kappa shape index (κ2) is 8.45. The first-order valence-electron chi connectivity index (χ1n) is 8.56. The van der Waals surface area contributed by atoms with Crippen LogP contribution in [-0.2, 0) is 22.6 Å². The number of benzene rings is 2. The molecule has 3 aromatic rings. The molecule has 5 nitrogen and oxygen atoms in total. The Labute approximate surface area is 152 Å². The summed E-state index contributed by atoms with van der Waals surface area (Å²) in [6.45, 7) is 2.53. The van der Waals surface area contributed by atoms with Crippen LogP contribution in [0, 0.1) is 0 Å². The van der Waals surface area contributed by atoms with E-state index in [2.05, 4.69) is 4.98 Å². The van der Waals surface area contributed by atoms with Gasteiger partial charge >= 0.3 is 5.97 Å². The summed E-state index contributed by atoms with van der Waals surface area (Å²) in [7, 11) is 0. The number of fused-ring (bicyclic) bond motifs is 1. The van der Waals surface area contributed by atoms with Gasteiger partial charge in [0.1, 0.15) is 12.4 Å². The molecule has 1 heterocycles. The summed E-state index contributed by atoms with van der Waals surface area (Å²) >= 11 is 0. The summed E-state index contributed by atoms with van der Waals surface area (Å²) in [5.41, 5.74) is 2.69. The Morgan fingerprint density at radius 1 is 1.08 bits per heavy atom. The zero-order chi connectivity index (χ0) is 18.4. The number of hydrogen-bond acceptors (Lipinski definition) is 4. The van der Waals surface area contributed by atoms with E-state index in [-0.39, 0.29) is 0 Å². The molecule has 0 amide bonds. The fraction of sp³-hybridized carbons (Fsp3) is 0.238. The Morgan fingerprint density at radius 3 is 2.58 bits per heavy atom. The van der Waals surface area contributed by atoms with E-state index in [0.29, 0.717) is 25.4 Å². The summed E-state index contributed by atoms with van der Waals surface area (Å²) < 4.78 is 11.0. The zero-order valence-electron chi connectivity index (χ0n) is 14.6. The first-order valence-corrected chi connectivity index (χ1v) is 8.56. The Morgan fingerprint density at radius 2 is 1.85 bits per heavy atom. The maximum absolute atomic E-state index is 11.2. The first-order chi connectivity index (χ1) is 12.7. The molecule has 1 unspecified atom stereocenters. The van der Waals surface area contributed by atoms with Crippen LogP contribution >= 0.6 is 0 Å². The van der Waals surface area contributed by atoms with Crippen LogP contribution < -0.4 is 4.74 Å². The van der Waals surface area contributed by atoms with E-state index in [1.54, 1.807) is 6.92 Å². The molecule has 0 saturated carbocycles. The van der Waals surface area contributed by atoms with E-state index in [0.717, 1.165) is 22.2 Å². The molecule has 0 bridgehead atoms. The van der Waals surface area contributed by atoms with Gasteiger partial charge in [0.25, 0.3) is 0 Å². The third kappa shape index (κ3) is 4.58. The molecule has 3 rings (SSSR count). The summed E-state index contributed by atoms with van der Waals surface area (Å²) in [5.74, 6) is -0.235. The van der Waals surface area contributed by atoms with E-state index in [4.69, 9.17) is 14.6 Å². The lowest BCUT2D eigenvalue weighted by Gasteiger charge is -2.13. The highest BCUT2D eigenvalue weighted by Crippen LogP contribution is 2.17. The number of carboxylic acids is 1. The number of aliphatic carboxylic acids is 1. The third-order valence-electron chi connectivity index (χ3n) is 4.03. The van der Waals surface area contributed by atoms with Gasteiger partial charge in [-0.15, -0.1) is 0 Å². The van der Waals surface area contributed by atoms with Crippen LogP contribution in [0.2, 0.25) is 0 Å². The number of nitrogens with zero attached hydrogens (tertiary/aromatic N) is 1. The van der Waals surface area contributed by atoms with Crippen molar-refractivity contribution in [2.75, 3.05) is 6.61 Å². The quantitative estimate of drug-likeness (QED) is 0.668. The lowest BCUT2D eigenvalue weighted by molar-refractivity contribution is -0.149. The highest BCUT2D eigenvalue weighted by molar-refractivity contribution is 5.78. The van der Waals surface area contributed by atoms with Crippen molar-refractivity contribution in [3.63, 3.8) is 0 Å². The lowest BCUT2D eigenvalue weighted by Crippen LogP contribution is -2.26. The van der Waals surface area contributed by atoms with Crippen LogP contribution in [0.25, 0.3) is 10.9 Å². The normalized spacial score (nSPS) is 12.0. The van der Waals surface area contributed by atoms with E-state index in [1.807, 2.05) is 60.7 Å². The molecule has 5 heteroatoms. The Kier molecular flexibility index (Phi) is 5.81. The number of ether oxygens (including phenoxy) is 2. The standard InChI is InChI=1S/C21H21NO4/c1-2-25-20(21(23)24)13-15-7-11-18(12-8-15)26-14-17-10-9-16-5-3-4-6-19(16)22-17/h3-12,20H,2,13-14H2,1H3,(H,23,24). The van der Waals surface area contributed by atoms with Gasteiger partial charge in [-0.3, -0.25) is 0 Å². The van der Waals surface area contributed by atoms with Crippen LogP contribution in [0.3, 0.4) is 0 Å². The van der Waals surface area contributed by atoms with Crippen molar-refractivity contribution in [3.05, 3.63) is 71.9 Å². The fourth-order valence-corrected chi connectivity index (χ4v) is 2.70. The van der Waals surface area contributed by atoms with E-state index in [9.17, 15) is 4.79 Å². The Hall–Kier alpha value is -2.92. The maximum Gasteiger partial charge on any atom is 0.333 e. The molecule has 2 aromatic carbocycles. The molecule has 26 heavy (non-hydrogen) atoms. The van der Waals surface area contributed by atoms with Crippen LogP contribution in [0.5, 0.6) is 5.75 Å². The monoisotopic (exact) mass is 351 g/mol. The predicted octanol–water partition coefficient (Wildman–Crippen LogP) is 3.85. The van der Waals surface area contributed by atoms with Crippen molar-refractivity contribution in [2.45, 2.75) is 26.1 Å². The van der Waals surface area contributed by atoms with E-state index >= 15 is 0 Å². The molecule has 0 saturated heterocycles. The summed E-state index contributed by atoms with van der Waals surface area (Å²) in [6, 6.07) is 19.3. The molecular formula is C21H21NO4. The third-order valence-corrected chi connectivity index (χ3v) is 4.03. The molecule has 1 N–H and O–H groups in total. The number of carboxylic acid groups (broad SMARTS) is 1. The van der Waals surface area contributed by atoms with Gasteiger partial charge in [0.15, 0.2) is 6.10 Å². The van der Waals surface area contributed by atoms with Gasteiger partial charge in [0, 0.05) is 18.4 Å². The number of hydrogen-bond donors (Lipinski definition) is 1. The minimum atomic E-state index is -0.949. The topological polar surface area (TPSA) is 68.7 Å². The van der Waals surface area contributed by atoms with Crippen LogP contribution in [0.15, 0.2) is 60.7 Å². The summed E-state index contributed by atoms with van der Waals surface area (Å²) in [6.07, 6.45) is -0.496. The van der Waals surface area contributed by atoms with Crippen molar-refractivity contribution in [3.8, 4) is 5.75 Å². The van der Waals surface area contributed by atoms with Gasteiger partial charge in [-0.25, -0.2) is 9.78 Å². The van der Waals surface area contributed by atoms with Crippen LogP contribution in [0.4, 0.5) is 0 Å². The van der Waals surface area contributed by atoms with Gasteiger partial charge in [0.2, 0.25) is 0 Å². The largest absolute Gasteiger partial charge is 0.487 e. The van der Waals surface area contributed by atoms with Gasteiger partial charge in [-0.2, -0.15) is 0 Å². The number of para-hydroxylation sites is 1. The zero-order valence-corrected chi connectivity index (χ0v) is 14.6. The number of pyridine rings is 1. The van der Waals surface area contributed by atoms with Gasteiger partial charge in [-0.1, -0.05) is 36.4 Å². The highest BCUT2D eigenvalue weighted by atomic mass is 16.5. The molecule has 1 aromatic heterocycles. The lowest BCUT2D eigenvalue weighted by atomic mass is 10.1. The number of aromatic nitrogens is 1. The van der Waals surface area contributed by atoms with Gasteiger partial charge in [0.05, 0.1) is 11.2 Å². The smallest absolute Gasteiger partial charge is 0.333 e. The predicted molar refractivity (Wildman–Crippen MR) is 99.3 cm³/mol. The molecule has 134 valence electrons. The van der Waals surface area contributed by atoms with Gasteiger partial charge in [-0.05, 0) is 36.8 Å². The minimum Gasteiger partial charge on any atom is -0.487 e. The van der Waals surface area contributed by atoms with E-state index in [1.165, 1.54) is 0 Å². The average Bonchev–Trinajstić information content (AvgIpc) is 2.67. The number of carbonyl (C=O) groups is 1. The Bertz CT molecular complexity index is 877. The molecular weight excluding hydrogens is 330 g/mol. The molecule has 0 fully saturated rings. The van der Waals surface area contributed by atoms with Gasteiger partial charge < -0.3 is 14.6 Å². The molecule has 0 spiro atoms. The SMILES string of the molecule is CCOC(Cc1ccc(OCc2ccc3ccccc3n2)cc1)C(=O)O. The van der Waals surface area contributed by atoms with Crippen molar-refractivity contribution >= 4 is 16.9 Å². The molecule has 0 aliphatic carbocycles. The molecule has 0 radical (unpaired) electrons. The summed E-state index contributed by atoms with van der Waals surface area (Å²) in [4.78, 5) is 15.7. The minimum absolute atomic E-state index is 0.329. The van der Waals surface area contributed by atoms with E-state index < -0.39 is 12.1 Å². The second-order valence-electron chi connectivity index (χ2n) is 5.91. The van der Waals surface area contributed by atoms with Crippen molar-refractivity contribution in [1.29, 1.82) is 0 Å².